The minimum atomic E-state index is -0.527. The number of carbonyl (C=O) groups is 2. The number of hydrogen-bond donors (Lipinski definition) is 1. The predicted molar refractivity (Wildman–Crippen MR) is 157 cm³/mol. The largest absolute Gasteiger partial charge is 0.497 e. The van der Waals surface area contributed by atoms with E-state index in [9.17, 15) is 9.59 Å². The van der Waals surface area contributed by atoms with E-state index in [0.717, 1.165) is 16.8 Å². The van der Waals surface area contributed by atoms with Crippen molar-refractivity contribution in [1.82, 2.24) is 14.8 Å². The van der Waals surface area contributed by atoms with Gasteiger partial charge in [0.05, 0.1) is 20.0 Å². The van der Waals surface area contributed by atoms with Crippen LogP contribution in [-0.2, 0) is 16.1 Å². The van der Waals surface area contributed by atoms with Crippen LogP contribution in [-0.4, -0.2) is 60.7 Å². The van der Waals surface area contributed by atoms with Crippen LogP contribution in [0, 0.1) is 0 Å². The second-order valence-electron chi connectivity index (χ2n) is 8.56. The molecule has 4 rings (SSSR count). The molecular weight excluding hydrogens is 534 g/mol. The molecule has 4 aromatic rings. The van der Waals surface area contributed by atoms with Crippen molar-refractivity contribution in [2.75, 3.05) is 44.3 Å². The van der Waals surface area contributed by atoms with Crippen molar-refractivity contribution in [1.29, 1.82) is 0 Å². The molecule has 0 bridgehead atoms. The number of aromatic nitrogens is 3. The molecule has 202 valence electrons. The van der Waals surface area contributed by atoms with Crippen LogP contribution in [0.15, 0.2) is 71.7 Å². The number of hydrogen-bond acceptors (Lipinski definition) is 9. The Kier molecular flexibility index (Phi) is 9.05. The number of anilines is 2. The van der Waals surface area contributed by atoms with E-state index in [-0.39, 0.29) is 11.7 Å². The molecule has 2 heterocycles. The number of thiophene rings is 1. The van der Waals surface area contributed by atoms with Crippen LogP contribution in [0.25, 0.3) is 22.5 Å². The number of amides is 1. The summed E-state index contributed by atoms with van der Waals surface area (Å²) in [5.74, 6) is 0.667. The van der Waals surface area contributed by atoms with E-state index in [4.69, 9.17) is 9.47 Å². The van der Waals surface area contributed by atoms with Crippen LogP contribution in [0.2, 0.25) is 0 Å². The Morgan fingerprint density at radius 2 is 1.77 bits per heavy atom. The zero-order valence-corrected chi connectivity index (χ0v) is 23.8. The molecule has 39 heavy (non-hydrogen) atoms. The molecule has 0 atom stereocenters. The average molecular weight is 564 g/mol. The molecule has 0 saturated heterocycles. The van der Waals surface area contributed by atoms with Crippen LogP contribution < -0.4 is 15.0 Å². The van der Waals surface area contributed by atoms with Gasteiger partial charge in [0, 0.05) is 42.8 Å². The van der Waals surface area contributed by atoms with Gasteiger partial charge in [0.2, 0.25) is 5.91 Å². The van der Waals surface area contributed by atoms with Gasteiger partial charge in [0.15, 0.2) is 11.0 Å². The first-order chi connectivity index (χ1) is 18.9. The molecule has 0 aliphatic rings. The van der Waals surface area contributed by atoms with E-state index < -0.39 is 5.97 Å². The number of benzene rings is 2. The Morgan fingerprint density at radius 1 is 1.08 bits per heavy atom. The summed E-state index contributed by atoms with van der Waals surface area (Å²) in [7, 11) is 6.88. The molecule has 0 spiro atoms. The number of esters is 1. The molecule has 0 aliphatic carbocycles. The van der Waals surface area contributed by atoms with E-state index in [0.29, 0.717) is 39.4 Å². The average Bonchev–Trinajstić information content (AvgIpc) is 3.55. The van der Waals surface area contributed by atoms with Crippen LogP contribution in [0.4, 0.5) is 10.7 Å². The van der Waals surface area contributed by atoms with Gasteiger partial charge >= 0.3 is 5.97 Å². The Bertz CT molecular complexity index is 1460. The summed E-state index contributed by atoms with van der Waals surface area (Å²) in [4.78, 5) is 27.6. The van der Waals surface area contributed by atoms with Crippen molar-refractivity contribution in [3.63, 3.8) is 0 Å². The third-order valence-corrected chi connectivity index (χ3v) is 7.70. The SMILES string of the molecule is C=CCn1c(SCC(=O)Nc2scc(-c3ccc(OC)cc3)c2C(=O)OC)nnc1-c1ccc(N(C)C)cc1. The molecule has 11 heteroatoms. The van der Waals surface area contributed by atoms with Crippen LogP contribution in [0.1, 0.15) is 10.4 Å². The quantitative estimate of drug-likeness (QED) is 0.146. The number of methoxy groups -OCH3 is 2. The summed E-state index contributed by atoms with van der Waals surface area (Å²) in [6, 6.07) is 15.3. The fourth-order valence-electron chi connectivity index (χ4n) is 3.84. The molecular formula is C28H29N5O4S2. The number of nitrogens with one attached hydrogen (secondary N) is 1. The van der Waals surface area contributed by atoms with Crippen LogP contribution in [0.5, 0.6) is 5.75 Å². The van der Waals surface area contributed by atoms with E-state index in [1.807, 2.05) is 77.5 Å². The summed E-state index contributed by atoms with van der Waals surface area (Å²) < 4.78 is 12.2. The van der Waals surface area contributed by atoms with Gasteiger partial charge in [0.1, 0.15) is 16.3 Å². The molecule has 1 amide bonds. The smallest absolute Gasteiger partial charge is 0.341 e. The zero-order valence-electron chi connectivity index (χ0n) is 22.1. The maximum Gasteiger partial charge on any atom is 0.341 e. The first-order valence-corrected chi connectivity index (χ1v) is 13.8. The molecule has 0 saturated carbocycles. The summed E-state index contributed by atoms with van der Waals surface area (Å²) in [6.45, 7) is 4.34. The fourth-order valence-corrected chi connectivity index (χ4v) is 5.56. The van der Waals surface area contributed by atoms with Crippen molar-refractivity contribution in [3.8, 4) is 28.3 Å². The second-order valence-corrected chi connectivity index (χ2v) is 10.4. The highest BCUT2D eigenvalue weighted by Gasteiger charge is 2.23. The Hall–Kier alpha value is -4.09. The summed E-state index contributed by atoms with van der Waals surface area (Å²) >= 11 is 2.53. The number of thioether (sulfide) groups is 1. The van der Waals surface area contributed by atoms with Crippen LogP contribution >= 0.6 is 23.1 Å². The number of allylic oxidation sites excluding steroid dienone is 1. The van der Waals surface area contributed by atoms with Crippen molar-refractivity contribution < 1.29 is 19.1 Å². The number of ether oxygens (including phenoxy) is 2. The van der Waals surface area contributed by atoms with Gasteiger partial charge < -0.3 is 19.7 Å². The van der Waals surface area contributed by atoms with E-state index >= 15 is 0 Å². The minimum absolute atomic E-state index is 0.0746. The molecule has 0 unspecified atom stereocenters. The maximum absolute atomic E-state index is 12.9. The Morgan fingerprint density at radius 3 is 2.38 bits per heavy atom. The molecule has 0 aliphatic heterocycles. The molecule has 2 aromatic heterocycles. The standard InChI is InChI=1S/C28H29N5O4S2/c1-6-15-33-25(19-7-11-20(12-8-19)32(2)3)30-31-28(33)39-17-23(34)29-26-24(27(35)37-5)22(16-38-26)18-9-13-21(36-4)14-10-18/h6-14,16H,1,15,17H2,2-5H3,(H,29,34). The van der Waals surface area contributed by atoms with Crippen molar-refractivity contribution >= 4 is 45.7 Å². The van der Waals surface area contributed by atoms with Gasteiger partial charge in [-0.25, -0.2) is 4.79 Å². The van der Waals surface area contributed by atoms with E-state index in [2.05, 4.69) is 22.1 Å². The van der Waals surface area contributed by atoms with Gasteiger partial charge in [-0.3, -0.25) is 9.36 Å². The van der Waals surface area contributed by atoms with Gasteiger partial charge in [-0.2, -0.15) is 0 Å². The Balaban J connectivity index is 1.51. The third-order valence-electron chi connectivity index (χ3n) is 5.84. The van der Waals surface area contributed by atoms with Gasteiger partial charge in [-0.15, -0.1) is 28.1 Å². The third kappa shape index (κ3) is 6.32. The lowest BCUT2D eigenvalue weighted by Gasteiger charge is -2.13. The molecule has 0 radical (unpaired) electrons. The second kappa shape index (κ2) is 12.6. The lowest BCUT2D eigenvalue weighted by Crippen LogP contribution is -2.16. The zero-order chi connectivity index (χ0) is 27.9. The van der Waals surface area contributed by atoms with E-state index in [1.54, 1.807) is 13.2 Å². The minimum Gasteiger partial charge on any atom is -0.497 e. The van der Waals surface area contributed by atoms with Crippen molar-refractivity contribution in [2.45, 2.75) is 11.7 Å². The number of rotatable bonds is 11. The normalized spacial score (nSPS) is 10.7. The fraction of sp³-hybridized carbons (Fsp3) is 0.214. The van der Waals surface area contributed by atoms with Gasteiger partial charge in [-0.05, 0) is 42.0 Å². The summed E-state index contributed by atoms with van der Waals surface area (Å²) in [6.07, 6.45) is 1.76. The molecule has 1 N–H and O–H groups in total. The van der Waals surface area contributed by atoms with Crippen LogP contribution in [0.3, 0.4) is 0 Å². The molecule has 0 fully saturated rings. The Labute approximate surface area is 235 Å². The topological polar surface area (TPSA) is 98.6 Å². The van der Waals surface area contributed by atoms with Gasteiger partial charge in [0.25, 0.3) is 0 Å². The first kappa shape index (κ1) is 27.9. The monoisotopic (exact) mass is 563 g/mol. The van der Waals surface area contributed by atoms with Gasteiger partial charge in [-0.1, -0.05) is 30.0 Å². The molecule has 2 aromatic carbocycles. The predicted octanol–water partition coefficient (Wildman–Crippen LogP) is 5.45. The molecule has 9 nitrogen and oxygen atoms in total. The van der Waals surface area contributed by atoms with E-state index in [1.165, 1.54) is 30.2 Å². The number of carbonyl (C=O) groups excluding carboxylic acids is 2. The highest BCUT2D eigenvalue weighted by molar-refractivity contribution is 7.99. The lowest BCUT2D eigenvalue weighted by molar-refractivity contribution is -0.113. The maximum atomic E-state index is 12.9. The summed E-state index contributed by atoms with van der Waals surface area (Å²) in [5, 5.41) is 14.4. The first-order valence-electron chi connectivity index (χ1n) is 11.9. The van der Waals surface area contributed by atoms with Crippen molar-refractivity contribution in [2.24, 2.45) is 0 Å². The van der Waals surface area contributed by atoms with Crippen molar-refractivity contribution in [3.05, 3.63) is 72.1 Å². The summed E-state index contributed by atoms with van der Waals surface area (Å²) in [5.41, 5.74) is 3.79. The highest BCUT2D eigenvalue weighted by Crippen LogP contribution is 2.37. The number of nitrogens with zero attached hydrogens (tertiary/aromatic N) is 4. The lowest BCUT2D eigenvalue weighted by atomic mass is 10.0. The highest BCUT2D eigenvalue weighted by atomic mass is 32.2.